The molecule has 2 aliphatic carbocycles. The lowest BCUT2D eigenvalue weighted by Gasteiger charge is -2.36. The summed E-state index contributed by atoms with van der Waals surface area (Å²) in [5.41, 5.74) is 0. The Balaban J connectivity index is 1.91. The Bertz CT molecular complexity index is 255. The van der Waals surface area contributed by atoms with Gasteiger partial charge in [0, 0.05) is 25.0 Å². The van der Waals surface area contributed by atoms with Gasteiger partial charge in [-0.2, -0.15) is 0 Å². The van der Waals surface area contributed by atoms with E-state index in [1.165, 1.54) is 25.7 Å². The van der Waals surface area contributed by atoms with Gasteiger partial charge in [0.05, 0.1) is 0 Å². The number of amides is 1. The highest BCUT2D eigenvalue weighted by Crippen LogP contribution is 2.34. The summed E-state index contributed by atoms with van der Waals surface area (Å²) in [6, 6.07) is 0.521. The molecular formula is C14H26N2O. The van der Waals surface area contributed by atoms with Crippen LogP contribution in [0.4, 0.5) is 0 Å². The van der Waals surface area contributed by atoms with E-state index in [1.54, 1.807) is 0 Å². The maximum Gasteiger partial charge on any atom is 0.225 e. The number of likely N-dealkylation sites (N-methyl/N-ethyl adjacent to an activating group) is 1. The third-order valence-electron chi connectivity index (χ3n) is 4.24. The van der Waals surface area contributed by atoms with E-state index in [4.69, 9.17) is 0 Å². The van der Waals surface area contributed by atoms with Gasteiger partial charge in [-0.3, -0.25) is 4.79 Å². The highest BCUT2D eigenvalue weighted by molar-refractivity contribution is 5.81. The quantitative estimate of drug-likeness (QED) is 0.795. The Hall–Kier alpha value is -0.570. The van der Waals surface area contributed by atoms with E-state index in [0.29, 0.717) is 17.9 Å². The minimum Gasteiger partial charge on any atom is -0.338 e. The molecule has 0 spiro atoms. The number of carbonyl (C=O) groups is 1. The SMILES string of the molecule is CNCCN(C(=O)C1CC1)C1CCC(C)CC1. The van der Waals surface area contributed by atoms with Gasteiger partial charge in [0.2, 0.25) is 5.91 Å². The second kappa shape index (κ2) is 5.85. The summed E-state index contributed by atoms with van der Waals surface area (Å²) in [7, 11) is 1.96. The topological polar surface area (TPSA) is 32.3 Å². The van der Waals surface area contributed by atoms with Crippen LogP contribution in [-0.4, -0.2) is 37.0 Å². The molecule has 3 nitrogen and oxygen atoms in total. The van der Waals surface area contributed by atoms with Crippen LogP contribution in [0, 0.1) is 11.8 Å². The van der Waals surface area contributed by atoms with Gasteiger partial charge in [0.25, 0.3) is 0 Å². The summed E-state index contributed by atoms with van der Waals surface area (Å²) in [4.78, 5) is 14.5. The first-order valence-electron chi connectivity index (χ1n) is 7.17. The van der Waals surface area contributed by atoms with Gasteiger partial charge in [-0.1, -0.05) is 6.92 Å². The number of nitrogens with one attached hydrogen (secondary N) is 1. The lowest BCUT2D eigenvalue weighted by Crippen LogP contribution is -2.45. The molecule has 1 amide bonds. The smallest absolute Gasteiger partial charge is 0.225 e. The van der Waals surface area contributed by atoms with Crippen LogP contribution in [0.5, 0.6) is 0 Å². The van der Waals surface area contributed by atoms with Crippen LogP contribution >= 0.6 is 0 Å². The van der Waals surface area contributed by atoms with Crippen molar-refractivity contribution in [1.82, 2.24) is 10.2 Å². The van der Waals surface area contributed by atoms with Gasteiger partial charge in [0.15, 0.2) is 0 Å². The molecule has 3 heteroatoms. The molecule has 0 aromatic rings. The summed E-state index contributed by atoms with van der Waals surface area (Å²) in [5.74, 6) is 1.65. The van der Waals surface area contributed by atoms with Gasteiger partial charge in [-0.05, 0) is 51.5 Å². The maximum absolute atomic E-state index is 12.3. The van der Waals surface area contributed by atoms with E-state index < -0.39 is 0 Å². The Labute approximate surface area is 105 Å². The molecule has 2 aliphatic rings. The van der Waals surface area contributed by atoms with Gasteiger partial charge >= 0.3 is 0 Å². The van der Waals surface area contributed by atoms with Crippen molar-refractivity contribution in [3.8, 4) is 0 Å². The lowest BCUT2D eigenvalue weighted by molar-refractivity contribution is -0.135. The zero-order chi connectivity index (χ0) is 12.3. The molecule has 98 valence electrons. The maximum atomic E-state index is 12.3. The van der Waals surface area contributed by atoms with E-state index in [0.717, 1.165) is 31.8 Å². The third kappa shape index (κ3) is 3.44. The van der Waals surface area contributed by atoms with Crippen molar-refractivity contribution in [3.63, 3.8) is 0 Å². The molecule has 2 saturated carbocycles. The van der Waals surface area contributed by atoms with Crippen LogP contribution in [0.15, 0.2) is 0 Å². The van der Waals surface area contributed by atoms with Crippen LogP contribution in [0.1, 0.15) is 45.4 Å². The fourth-order valence-electron chi connectivity index (χ4n) is 2.82. The number of hydrogen-bond acceptors (Lipinski definition) is 2. The summed E-state index contributed by atoms with van der Waals surface area (Å²) >= 11 is 0. The number of carbonyl (C=O) groups excluding carboxylic acids is 1. The standard InChI is InChI=1S/C14H26N2O/c1-11-3-7-13(8-4-11)16(10-9-15-2)14(17)12-5-6-12/h11-13,15H,3-10H2,1-2H3. The fourth-order valence-corrected chi connectivity index (χ4v) is 2.82. The number of nitrogens with zero attached hydrogens (tertiary/aromatic N) is 1. The van der Waals surface area contributed by atoms with Gasteiger partial charge in [-0.15, -0.1) is 0 Å². The predicted molar refractivity (Wildman–Crippen MR) is 69.8 cm³/mol. The molecule has 17 heavy (non-hydrogen) atoms. The first-order valence-corrected chi connectivity index (χ1v) is 7.17. The molecule has 2 fully saturated rings. The minimum absolute atomic E-state index is 0.367. The van der Waals surface area contributed by atoms with E-state index in [-0.39, 0.29) is 0 Å². The minimum atomic E-state index is 0.367. The van der Waals surface area contributed by atoms with Crippen molar-refractivity contribution in [2.24, 2.45) is 11.8 Å². The van der Waals surface area contributed by atoms with Crippen molar-refractivity contribution in [3.05, 3.63) is 0 Å². The fraction of sp³-hybridized carbons (Fsp3) is 0.929. The van der Waals surface area contributed by atoms with Gasteiger partial charge in [0.1, 0.15) is 0 Å². The summed E-state index contributed by atoms with van der Waals surface area (Å²) in [6.45, 7) is 4.15. The highest BCUT2D eigenvalue weighted by Gasteiger charge is 2.36. The van der Waals surface area contributed by atoms with Crippen LogP contribution in [0.3, 0.4) is 0 Å². The molecular weight excluding hydrogens is 212 g/mol. The monoisotopic (exact) mass is 238 g/mol. The molecule has 0 aromatic carbocycles. The van der Waals surface area contributed by atoms with Crippen molar-refractivity contribution < 1.29 is 4.79 Å². The van der Waals surface area contributed by atoms with Gasteiger partial charge in [-0.25, -0.2) is 0 Å². The first kappa shape index (κ1) is 12.9. The summed E-state index contributed by atoms with van der Waals surface area (Å²) in [5, 5.41) is 3.17. The zero-order valence-electron chi connectivity index (χ0n) is 11.2. The Morgan fingerprint density at radius 3 is 2.35 bits per heavy atom. The van der Waals surface area contributed by atoms with Crippen molar-refractivity contribution in [2.45, 2.75) is 51.5 Å². The number of rotatable bonds is 5. The number of hydrogen-bond donors (Lipinski definition) is 1. The van der Waals surface area contributed by atoms with E-state index >= 15 is 0 Å². The van der Waals surface area contributed by atoms with Crippen molar-refractivity contribution in [2.75, 3.05) is 20.1 Å². The van der Waals surface area contributed by atoms with Crippen LogP contribution in [0.2, 0.25) is 0 Å². The first-order chi connectivity index (χ1) is 8.22. The molecule has 0 aromatic heterocycles. The van der Waals surface area contributed by atoms with E-state index in [9.17, 15) is 4.79 Å². The molecule has 2 rings (SSSR count). The second-order valence-corrected chi connectivity index (χ2v) is 5.82. The Kier molecular flexibility index (Phi) is 4.43. The molecule has 0 radical (unpaired) electrons. The molecule has 0 saturated heterocycles. The van der Waals surface area contributed by atoms with E-state index in [2.05, 4.69) is 17.1 Å². The van der Waals surface area contributed by atoms with E-state index in [1.807, 2.05) is 7.05 Å². The predicted octanol–water partition coefficient (Wildman–Crippen LogP) is 2.02. The molecule has 0 bridgehead atoms. The zero-order valence-corrected chi connectivity index (χ0v) is 11.2. The van der Waals surface area contributed by atoms with Crippen molar-refractivity contribution >= 4 is 5.91 Å². The lowest BCUT2D eigenvalue weighted by atomic mass is 9.86. The Morgan fingerprint density at radius 2 is 1.82 bits per heavy atom. The van der Waals surface area contributed by atoms with Crippen LogP contribution in [0.25, 0.3) is 0 Å². The molecule has 0 atom stereocenters. The molecule has 1 N–H and O–H groups in total. The summed E-state index contributed by atoms with van der Waals surface area (Å²) in [6.07, 6.45) is 7.25. The second-order valence-electron chi connectivity index (χ2n) is 5.82. The third-order valence-corrected chi connectivity index (χ3v) is 4.24. The van der Waals surface area contributed by atoms with Crippen LogP contribution in [-0.2, 0) is 4.79 Å². The molecule has 0 heterocycles. The Morgan fingerprint density at radius 1 is 1.18 bits per heavy atom. The van der Waals surface area contributed by atoms with Crippen LogP contribution < -0.4 is 5.32 Å². The highest BCUT2D eigenvalue weighted by atomic mass is 16.2. The average molecular weight is 238 g/mol. The molecule has 0 unspecified atom stereocenters. The van der Waals surface area contributed by atoms with Crippen molar-refractivity contribution in [1.29, 1.82) is 0 Å². The molecule has 0 aliphatic heterocycles. The average Bonchev–Trinajstić information content (AvgIpc) is 3.15. The summed E-state index contributed by atoms with van der Waals surface area (Å²) < 4.78 is 0. The largest absolute Gasteiger partial charge is 0.338 e. The normalized spacial score (nSPS) is 29.1. The van der Waals surface area contributed by atoms with Gasteiger partial charge < -0.3 is 10.2 Å².